The summed E-state index contributed by atoms with van der Waals surface area (Å²) in [7, 11) is 0. The van der Waals surface area contributed by atoms with Crippen LogP contribution in [-0.4, -0.2) is 5.75 Å². The third kappa shape index (κ3) is 2.03. The van der Waals surface area contributed by atoms with Crippen molar-refractivity contribution >= 4 is 22.7 Å². The Morgan fingerprint density at radius 2 is 2.20 bits per heavy atom. The molecule has 0 saturated carbocycles. The Morgan fingerprint density at radius 1 is 1.33 bits per heavy atom. The number of hydrogen-bond donors (Lipinski definition) is 1. The molecule has 0 unspecified atom stereocenters. The monoisotopic (exact) mass is 221 g/mol. The van der Waals surface area contributed by atoms with E-state index in [0.29, 0.717) is 6.54 Å². The molecule has 0 aliphatic heterocycles. The highest BCUT2D eigenvalue weighted by atomic mass is 32.2. The average Bonchev–Trinajstić information content (AvgIpc) is 2.69. The van der Waals surface area contributed by atoms with Crippen LogP contribution in [0.3, 0.4) is 0 Å². The van der Waals surface area contributed by atoms with Crippen molar-refractivity contribution in [2.24, 2.45) is 5.73 Å². The maximum atomic E-state index is 5.66. The zero-order chi connectivity index (χ0) is 10.7. The number of fused-ring (bicyclic) bond motifs is 1. The Hall–Kier alpha value is -0.930. The van der Waals surface area contributed by atoms with Gasteiger partial charge in [0, 0.05) is 28.8 Å². The molecule has 0 aliphatic rings. The second-order valence-corrected chi connectivity index (χ2v) is 4.67. The van der Waals surface area contributed by atoms with Crippen molar-refractivity contribution in [1.82, 2.24) is 0 Å². The van der Waals surface area contributed by atoms with Crippen molar-refractivity contribution in [1.29, 1.82) is 0 Å². The topological polar surface area (TPSA) is 39.2 Å². The molecule has 1 aromatic carbocycles. The minimum absolute atomic E-state index is 0.533. The Bertz CT molecular complexity index is 450. The summed E-state index contributed by atoms with van der Waals surface area (Å²) in [6.45, 7) is 2.70. The molecule has 0 bridgehead atoms. The first-order valence-corrected chi connectivity index (χ1v) is 6.28. The first-order chi connectivity index (χ1) is 7.36. The van der Waals surface area contributed by atoms with Crippen LogP contribution >= 0.6 is 11.8 Å². The van der Waals surface area contributed by atoms with Crippen LogP contribution in [0.1, 0.15) is 18.1 Å². The second-order valence-electron chi connectivity index (χ2n) is 3.40. The predicted octanol–water partition coefficient (Wildman–Crippen LogP) is 3.14. The fraction of sp³-hybridized carbons (Fsp3) is 0.333. The minimum Gasteiger partial charge on any atom is -0.464 e. The lowest BCUT2D eigenvalue weighted by Gasteiger charge is -1.98. The number of hydrogen-bond acceptors (Lipinski definition) is 3. The molecule has 2 nitrogen and oxygen atoms in total. The quantitative estimate of drug-likeness (QED) is 0.862. The lowest BCUT2D eigenvalue weighted by Crippen LogP contribution is -1.95. The highest BCUT2D eigenvalue weighted by Gasteiger charge is 2.08. The molecule has 0 amide bonds. The van der Waals surface area contributed by atoms with Gasteiger partial charge in [-0.2, -0.15) is 11.8 Å². The number of furan rings is 1. The van der Waals surface area contributed by atoms with Gasteiger partial charge in [0.25, 0.3) is 0 Å². The van der Waals surface area contributed by atoms with Crippen LogP contribution in [0.4, 0.5) is 0 Å². The van der Waals surface area contributed by atoms with E-state index in [1.807, 2.05) is 30.2 Å². The Morgan fingerprint density at radius 3 is 2.93 bits per heavy atom. The standard InChI is InChI=1S/C12H15NOS/c1-2-15-8-10-7-14-12-9(6-13)4-3-5-11(10)12/h3-5,7H,2,6,8,13H2,1H3. The first-order valence-electron chi connectivity index (χ1n) is 5.12. The summed E-state index contributed by atoms with van der Waals surface area (Å²) in [5.41, 5.74) is 8.96. The highest BCUT2D eigenvalue weighted by Crippen LogP contribution is 2.27. The van der Waals surface area contributed by atoms with Crippen molar-refractivity contribution in [3.63, 3.8) is 0 Å². The molecule has 0 saturated heterocycles. The van der Waals surface area contributed by atoms with Gasteiger partial charge < -0.3 is 10.2 Å². The van der Waals surface area contributed by atoms with Gasteiger partial charge >= 0.3 is 0 Å². The molecule has 80 valence electrons. The number of para-hydroxylation sites is 1. The van der Waals surface area contributed by atoms with Crippen LogP contribution in [-0.2, 0) is 12.3 Å². The number of thioether (sulfide) groups is 1. The van der Waals surface area contributed by atoms with Gasteiger partial charge in [-0.05, 0) is 5.75 Å². The van der Waals surface area contributed by atoms with Gasteiger partial charge in [-0.15, -0.1) is 0 Å². The zero-order valence-corrected chi connectivity index (χ0v) is 9.64. The van der Waals surface area contributed by atoms with E-state index in [-0.39, 0.29) is 0 Å². The number of rotatable bonds is 4. The molecule has 0 atom stereocenters. The number of nitrogens with two attached hydrogens (primary N) is 1. The molecule has 2 aromatic rings. The second kappa shape index (κ2) is 4.73. The lowest BCUT2D eigenvalue weighted by molar-refractivity contribution is 0.608. The predicted molar refractivity (Wildman–Crippen MR) is 65.9 cm³/mol. The average molecular weight is 221 g/mol. The van der Waals surface area contributed by atoms with E-state index in [1.165, 1.54) is 10.9 Å². The largest absolute Gasteiger partial charge is 0.464 e. The molecule has 0 fully saturated rings. The summed E-state index contributed by atoms with van der Waals surface area (Å²) in [6.07, 6.45) is 1.85. The summed E-state index contributed by atoms with van der Waals surface area (Å²) in [4.78, 5) is 0. The molecule has 3 heteroatoms. The lowest BCUT2D eigenvalue weighted by atomic mass is 10.1. The van der Waals surface area contributed by atoms with Gasteiger partial charge in [0.2, 0.25) is 0 Å². The van der Waals surface area contributed by atoms with Crippen molar-refractivity contribution in [2.45, 2.75) is 19.2 Å². The van der Waals surface area contributed by atoms with Gasteiger partial charge in [-0.1, -0.05) is 25.1 Å². The SMILES string of the molecule is CCSCc1coc2c(CN)cccc12. The Kier molecular flexibility index (Phi) is 3.34. The van der Waals surface area contributed by atoms with Crippen molar-refractivity contribution < 1.29 is 4.42 Å². The molecule has 2 rings (SSSR count). The van der Waals surface area contributed by atoms with Crippen LogP contribution in [0, 0.1) is 0 Å². The van der Waals surface area contributed by atoms with Gasteiger partial charge in [0.15, 0.2) is 0 Å². The van der Waals surface area contributed by atoms with E-state index in [0.717, 1.165) is 22.7 Å². The summed E-state index contributed by atoms with van der Waals surface area (Å²) in [6, 6.07) is 6.16. The normalized spacial score (nSPS) is 11.1. The summed E-state index contributed by atoms with van der Waals surface area (Å²) < 4.78 is 5.57. The summed E-state index contributed by atoms with van der Waals surface area (Å²) in [5, 5.41) is 1.21. The van der Waals surface area contributed by atoms with E-state index in [2.05, 4.69) is 13.0 Å². The summed E-state index contributed by atoms with van der Waals surface area (Å²) in [5.74, 6) is 2.14. The molecule has 0 spiro atoms. The van der Waals surface area contributed by atoms with Crippen molar-refractivity contribution in [3.8, 4) is 0 Å². The first kappa shape index (κ1) is 10.6. The fourth-order valence-electron chi connectivity index (χ4n) is 1.65. The molecule has 1 aromatic heterocycles. The minimum atomic E-state index is 0.533. The fourth-order valence-corrected chi connectivity index (χ4v) is 2.30. The highest BCUT2D eigenvalue weighted by molar-refractivity contribution is 7.98. The van der Waals surface area contributed by atoms with Gasteiger partial charge in [0.05, 0.1) is 6.26 Å². The van der Waals surface area contributed by atoms with E-state index in [1.54, 1.807) is 0 Å². The molecule has 0 aliphatic carbocycles. The van der Waals surface area contributed by atoms with Crippen LogP contribution < -0.4 is 5.73 Å². The zero-order valence-electron chi connectivity index (χ0n) is 8.82. The molecule has 1 heterocycles. The van der Waals surface area contributed by atoms with E-state index in [4.69, 9.17) is 10.2 Å². The molecular weight excluding hydrogens is 206 g/mol. The molecule has 0 radical (unpaired) electrons. The van der Waals surface area contributed by atoms with Crippen LogP contribution in [0.25, 0.3) is 11.0 Å². The van der Waals surface area contributed by atoms with Crippen LogP contribution in [0.2, 0.25) is 0 Å². The van der Waals surface area contributed by atoms with Crippen LogP contribution in [0.15, 0.2) is 28.9 Å². The Labute approximate surface area is 93.8 Å². The molecular formula is C12H15NOS. The van der Waals surface area contributed by atoms with Crippen LogP contribution in [0.5, 0.6) is 0 Å². The maximum Gasteiger partial charge on any atom is 0.138 e. The van der Waals surface area contributed by atoms with Crippen molar-refractivity contribution in [3.05, 3.63) is 35.6 Å². The van der Waals surface area contributed by atoms with E-state index < -0.39 is 0 Å². The number of benzene rings is 1. The third-order valence-corrected chi connectivity index (χ3v) is 3.37. The van der Waals surface area contributed by atoms with Gasteiger partial charge in [-0.3, -0.25) is 0 Å². The molecule has 2 N–H and O–H groups in total. The van der Waals surface area contributed by atoms with E-state index in [9.17, 15) is 0 Å². The Balaban J connectivity index is 2.42. The summed E-state index contributed by atoms with van der Waals surface area (Å²) >= 11 is 1.90. The van der Waals surface area contributed by atoms with Gasteiger partial charge in [0.1, 0.15) is 5.58 Å². The van der Waals surface area contributed by atoms with Gasteiger partial charge in [-0.25, -0.2) is 0 Å². The maximum absolute atomic E-state index is 5.66. The third-order valence-electron chi connectivity index (χ3n) is 2.44. The van der Waals surface area contributed by atoms with E-state index >= 15 is 0 Å². The smallest absolute Gasteiger partial charge is 0.138 e. The molecule has 15 heavy (non-hydrogen) atoms. The van der Waals surface area contributed by atoms with Crippen molar-refractivity contribution in [2.75, 3.05) is 5.75 Å².